The molecular weight excluding hydrogens is 441 g/mol. The summed E-state index contributed by atoms with van der Waals surface area (Å²) in [6.07, 6.45) is 6.09. The van der Waals surface area contributed by atoms with Crippen LogP contribution in [0.25, 0.3) is 33.5 Å². The minimum Gasteiger partial charge on any atom is -0.370 e. The Balaban J connectivity index is 1.23. The van der Waals surface area contributed by atoms with Crippen molar-refractivity contribution in [3.8, 4) is 22.5 Å². The van der Waals surface area contributed by atoms with Crippen molar-refractivity contribution in [2.45, 2.75) is 18.9 Å². The second kappa shape index (κ2) is 9.36. The number of halogens is 1. The topological polar surface area (TPSA) is 64.2 Å². The summed E-state index contributed by atoms with van der Waals surface area (Å²) in [4.78, 5) is 17.1. The number of hydrogen-bond acceptors (Lipinski definition) is 6. The molecule has 5 heterocycles. The van der Waals surface area contributed by atoms with Gasteiger partial charge >= 0.3 is 0 Å². The number of aromatic nitrogens is 4. The number of nitrogens with one attached hydrogen (secondary N) is 1. The lowest BCUT2D eigenvalue weighted by Gasteiger charge is -2.42. The fourth-order valence-electron chi connectivity index (χ4n) is 5.34. The van der Waals surface area contributed by atoms with E-state index in [4.69, 9.17) is 4.98 Å². The molecule has 2 aliphatic rings. The van der Waals surface area contributed by atoms with Crippen molar-refractivity contribution in [1.29, 1.82) is 0 Å². The number of piperazine rings is 1. The van der Waals surface area contributed by atoms with Crippen LogP contribution in [0.5, 0.6) is 0 Å². The van der Waals surface area contributed by atoms with Crippen LogP contribution in [0, 0.1) is 5.82 Å². The number of rotatable bonds is 4. The van der Waals surface area contributed by atoms with E-state index in [9.17, 15) is 4.39 Å². The SMILES string of the molecule is CN1CCN(C2CCN(c3cnc4ccc(-c5c[nH]nc5-c5ccccc5F)nc4c3)CC2)CC1. The van der Waals surface area contributed by atoms with Crippen LogP contribution in [0.15, 0.2) is 54.9 Å². The first-order chi connectivity index (χ1) is 17.2. The van der Waals surface area contributed by atoms with Crippen LogP contribution in [-0.4, -0.2) is 82.3 Å². The summed E-state index contributed by atoms with van der Waals surface area (Å²) < 4.78 is 14.4. The number of fused-ring (bicyclic) bond motifs is 1. The summed E-state index contributed by atoms with van der Waals surface area (Å²) in [6.45, 7) is 6.74. The fourth-order valence-corrected chi connectivity index (χ4v) is 5.34. The maximum absolute atomic E-state index is 14.4. The monoisotopic (exact) mass is 471 g/mol. The molecule has 0 bridgehead atoms. The Morgan fingerprint density at radius 2 is 1.71 bits per heavy atom. The average molecular weight is 472 g/mol. The Kier molecular flexibility index (Phi) is 5.91. The Labute approximate surface area is 204 Å². The van der Waals surface area contributed by atoms with Crippen LogP contribution in [0.4, 0.5) is 10.1 Å². The highest BCUT2D eigenvalue weighted by molar-refractivity contribution is 5.84. The standard InChI is InChI=1S/C27H30FN7/c1-33-12-14-35(15-13-33)19-8-10-34(11-9-19)20-16-26-25(29-17-20)7-6-24(31-26)22-18-30-32-27(22)21-4-2-3-5-23(21)28/h2-7,16-19H,8-15H2,1H3,(H,30,32). The van der Waals surface area contributed by atoms with Gasteiger partial charge in [0.15, 0.2) is 0 Å². The van der Waals surface area contributed by atoms with Gasteiger partial charge in [-0.1, -0.05) is 12.1 Å². The summed E-state index contributed by atoms with van der Waals surface area (Å²) in [5, 5.41) is 7.19. The van der Waals surface area contributed by atoms with Gasteiger partial charge in [0.1, 0.15) is 11.5 Å². The molecule has 1 aromatic carbocycles. The third-order valence-corrected chi connectivity index (χ3v) is 7.45. The number of pyridine rings is 2. The van der Waals surface area contributed by atoms with E-state index in [1.165, 1.54) is 32.0 Å². The summed E-state index contributed by atoms with van der Waals surface area (Å²) >= 11 is 0. The van der Waals surface area contributed by atoms with E-state index < -0.39 is 0 Å². The van der Waals surface area contributed by atoms with Crippen LogP contribution >= 0.6 is 0 Å². The summed E-state index contributed by atoms with van der Waals surface area (Å²) in [5.41, 5.74) is 5.33. The fraction of sp³-hybridized carbons (Fsp3) is 0.370. The number of piperidine rings is 1. The van der Waals surface area contributed by atoms with Crippen LogP contribution < -0.4 is 4.90 Å². The van der Waals surface area contributed by atoms with Gasteiger partial charge in [0.2, 0.25) is 0 Å². The van der Waals surface area contributed by atoms with E-state index >= 15 is 0 Å². The first-order valence-corrected chi connectivity index (χ1v) is 12.4. The zero-order valence-corrected chi connectivity index (χ0v) is 20.0. The Bertz CT molecular complexity index is 1320. The maximum atomic E-state index is 14.4. The molecule has 2 aliphatic heterocycles. The first kappa shape index (κ1) is 22.1. The molecule has 2 saturated heterocycles. The van der Waals surface area contributed by atoms with E-state index in [0.717, 1.165) is 54.2 Å². The van der Waals surface area contributed by atoms with Gasteiger partial charge in [0.05, 0.1) is 28.6 Å². The average Bonchev–Trinajstić information content (AvgIpc) is 3.39. The summed E-state index contributed by atoms with van der Waals surface area (Å²) in [7, 11) is 2.21. The molecular formula is C27H30FN7. The van der Waals surface area contributed by atoms with Gasteiger partial charge < -0.3 is 9.80 Å². The van der Waals surface area contributed by atoms with Gasteiger partial charge in [-0.3, -0.25) is 15.0 Å². The third kappa shape index (κ3) is 4.39. The van der Waals surface area contributed by atoms with Gasteiger partial charge in [-0.05, 0) is 50.2 Å². The number of likely N-dealkylation sites (N-methyl/N-ethyl adjacent to an activating group) is 1. The van der Waals surface area contributed by atoms with E-state index in [-0.39, 0.29) is 5.82 Å². The second-order valence-corrected chi connectivity index (χ2v) is 9.61. The number of benzene rings is 1. The molecule has 0 saturated carbocycles. The zero-order chi connectivity index (χ0) is 23.8. The van der Waals surface area contributed by atoms with Gasteiger partial charge in [-0.2, -0.15) is 5.10 Å². The Hall–Kier alpha value is -3.36. The van der Waals surface area contributed by atoms with E-state index in [1.54, 1.807) is 18.3 Å². The molecule has 2 fully saturated rings. The smallest absolute Gasteiger partial charge is 0.132 e. The van der Waals surface area contributed by atoms with Crippen molar-refractivity contribution in [3.63, 3.8) is 0 Å². The summed E-state index contributed by atoms with van der Waals surface area (Å²) in [5.74, 6) is -0.300. The quantitative estimate of drug-likeness (QED) is 0.485. The summed E-state index contributed by atoms with van der Waals surface area (Å²) in [6, 6.07) is 13.4. The molecule has 6 rings (SSSR count). The van der Waals surface area contributed by atoms with E-state index in [2.05, 4.69) is 43.0 Å². The number of aromatic amines is 1. The lowest BCUT2D eigenvalue weighted by Crippen LogP contribution is -2.52. The Morgan fingerprint density at radius 3 is 2.51 bits per heavy atom. The minimum atomic E-state index is -0.300. The van der Waals surface area contributed by atoms with Crippen LogP contribution in [-0.2, 0) is 0 Å². The van der Waals surface area contributed by atoms with Crippen LogP contribution in [0.1, 0.15) is 12.8 Å². The van der Waals surface area contributed by atoms with Crippen molar-refractivity contribution < 1.29 is 4.39 Å². The van der Waals surface area contributed by atoms with Crippen molar-refractivity contribution in [2.75, 3.05) is 51.2 Å². The minimum absolute atomic E-state index is 0.300. The molecule has 4 aromatic rings. The molecule has 0 spiro atoms. The van der Waals surface area contributed by atoms with Crippen molar-refractivity contribution in [1.82, 2.24) is 30.0 Å². The second-order valence-electron chi connectivity index (χ2n) is 9.61. The normalized spacial score (nSPS) is 18.4. The van der Waals surface area contributed by atoms with Gasteiger partial charge in [0, 0.05) is 62.6 Å². The van der Waals surface area contributed by atoms with Gasteiger partial charge in [0.25, 0.3) is 0 Å². The Morgan fingerprint density at radius 1 is 0.914 bits per heavy atom. The zero-order valence-electron chi connectivity index (χ0n) is 20.0. The lowest BCUT2D eigenvalue weighted by molar-refractivity contribution is 0.0982. The highest BCUT2D eigenvalue weighted by Crippen LogP contribution is 2.32. The molecule has 0 aliphatic carbocycles. The molecule has 1 N–H and O–H groups in total. The van der Waals surface area contributed by atoms with Crippen LogP contribution in [0.2, 0.25) is 0 Å². The maximum Gasteiger partial charge on any atom is 0.132 e. The molecule has 35 heavy (non-hydrogen) atoms. The van der Waals surface area contributed by atoms with E-state index in [0.29, 0.717) is 17.3 Å². The van der Waals surface area contributed by atoms with Gasteiger partial charge in [-0.25, -0.2) is 9.37 Å². The molecule has 3 aromatic heterocycles. The number of hydrogen-bond donors (Lipinski definition) is 1. The number of anilines is 1. The predicted octanol–water partition coefficient (Wildman–Crippen LogP) is 4.04. The van der Waals surface area contributed by atoms with Crippen molar-refractivity contribution in [2.24, 2.45) is 0 Å². The van der Waals surface area contributed by atoms with Gasteiger partial charge in [-0.15, -0.1) is 0 Å². The lowest BCUT2D eigenvalue weighted by atomic mass is 10.0. The molecule has 180 valence electrons. The highest BCUT2D eigenvalue weighted by atomic mass is 19.1. The largest absolute Gasteiger partial charge is 0.370 e. The highest BCUT2D eigenvalue weighted by Gasteiger charge is 2.27. The molecule has 8 heteroatoms. The van der Waals surface area contributed by atoms with Crippen molar-refractivity contribution >= 4 is 16.7 Å². The molecule has 0 unspecified atom stereocenters. The third-order valence-electron chi connectivity index (χ3n) is 7.45. The first-order valence-electron chi connectivity index (χ1n) is 12.4. The molecule has 0 radical (unpaired) electrons. The van der Waals surface area contributed by atoms with Crippen molar-refractivity contribution in [3.05, 3.63) is 60.7 Å². The molecule has 0 amide bonds. The predicted molar refractivity (Wildman–Crippen MR) is 137 cm³/mol. The van der Waals surface area contributed by atoms with E-state index in [1.807, 2.05) is 24.4 Å². The van der Waals surface area contributed by atoms with Crippen LogP contribution in [0.3, 0.4) is 0 Å². The number of H-pyrrole nitrogens is 1. The molecule has 0 atom stereocenters. The molecule has 7 nitrogen and oxygen atoms in total. The number of nitrogens with zero attached hydrogens (tertiary/aromatic N) is 6.